The number of nitrogens with zero attached hydrogens (tertiary/aromatic N) is 3. The molecule has 0 saturated carbocycles. The lowest BCUT2D eigenvalue weighted by Gasteiger charge is -1.82. The molecule has 3 nitrogen and oxygen atoms in total. The van der Waals surface area contributed by atoms with Crippen LogP contribution in [0.15, 0.2) is 49.2 Å². The van der Waals surface area contributed by atoms with E-state index in [0.717, 1.165) is 11.6 Å². The molecule has 0 amide bonds. The van der Waals surface area contributed by atoms with E-state index >= 15 is 0 Å². The fourth-order valence-corrected chi connectivity index (χ4v) is 0.701. The number of hydrogen-bond donors (Lipinski definition) is 0. The van der Waals surface area contributed by atoms with Gasteiger partial charge in [0.25, 0.3) is 0 Å². The molecule has 0 aliphatic carbocycles. The summed E-state index contributed by atoms with van der Waals surface area (Å²) in [5.41, 5.74) is 1.07. The van der Waals surface area contributed by atoms with Crippen molar-refractivity contribution >= 4 is 0 Å². The van der Waals surface area contributed by atoms with Crippen molar-refractivity contribution in [3.8, 4) is 0 Å². The Kier molecular flexibility index (Phi) is 17.7. The minimum Gasteiger partial charge on any atom is -0.262 e. The van der Waals surface area contributed by atoms with Gasteiger partial charge in [0.2, 0.25) is 0 Å². The predicted molar refractivity (Wildman–Crippen MR) is 87.5 cm³/mol. The van der Waals surface area contributed by atoms with Crippen molar-refractivity contribution < 1.29 is 0 Å². The average Bonchev–Trinajstić information content (AvgIpc) is 2.42. The highest BCUT2D eigenvalue weighted by atomic mass is 14.8. The van der Waals surface area contributed by atoms with Gasteiger partial charge in [0.15, 0.2) is 0 Å². The summed E-state index contributed by atoms with van der Waals surface area (Å²) in [5, 5.41) is 0. The third-order valence-corrected chi connectivity index (χ3v) is 1.29. The highest BCUT2D eigenvalue weighted by molar-refractivity contribution is 4.99. The Morgan fingerprint density at radius 1 is 0.900 bits per heavy atom. The molecule has 2 heterocycles. The van der Waals surface area contributed by atoms with Gasteiger partial charge >= 0.3 is 0 Å². The first-order chi connectivity index (χ1) is 9.54. The maximum atomic E-state index is 3.98. The minimum atomic E-state index is 0.833. The summed E-state index contributed by atoms with van der Waals surface area (Å²) < 4.78 is 0. The van der Waals surface area contributed by atoms with Gasteiger partial charge in [-0.05, 0) is 31.0 Å². The molecule has 2 rings (SSSR count). The van der Waals surface area contributed by atoms with Gasteiger partial charge in [-0.1, -0.05) is 47.1 Å². The van der Waals surface area contributed by atoms with E-state index in [1.165, 1.54) is 12.7 Å². The average molecular weight is 275 g/mol. The Morgan fingerprint density at radius 2 is 1.40 bits per heavy atom. The molecular weight excluding hydrogens is 246 g/mol. The van der Waals surface area contributed by atoms with Gasteiger partial charge in [0.05, 0.1) is 0 Å². The molecule has 3 heteroatoms. The van der Waals surface area contributed by atoms with E-state index in [1.54, 1.807) is 24.7 Å². The van der Waals surface area contributed by atoms with Crippen LogP contribution in [0.4, 0.5) is 0 Å². The van der Waals surface area contributed by atoms with Crippen LogP contribution in [0.3, 0.4) is 0 Å². The second kappa shape index (κ2) is 17.2. The molecule has 0 unspecified atom stereocenters. The minimum absolute atomic E-state index is 0.833. The van der Waals surface area contributed by atoms with Crippen LogP contribution in [0.2, 0.25) is 0 Å². The fourth-order valence-electron chi connectivity index (χ4n) is 0.701. The van der Waals surface area contributed by atoms with Gasteiger partial charge in [-0.3, -0.25) is 4.98 Å². The molecule has 0 fully saturated rings. The molecule has 0 saturated heterocycles. The van der Waals surface area contributed by atoms with Gasteiger partial charge in [-0.15, -0.1) is 0 Å². The topological polar surface area (TPSA) is 38.7 Å². The molecule has 0 radical (unpaired) electrons. The molecule has 0 atom stereocenters. The third kappa shape index (κ3) is 25.2. The molecule has 20 heavy (non-hydrogen) atoms. The highest BCUT2D eigenvalue weighted by Gasteiger charge is 1.73. The van der Waals surface area contributed by atoms with Crippen LogP contribution in [0.25, 0.3) is 0 Å². The summed E-state index contributed by atoms with van der Waals surface area (Å²) in [6, 6.07) is 7.63. The Labute approximate surface area is 124 Å². The van der Waals surface area contributed by atoms with E-state index in [9.17, 15) is 0 Å². The first-order valence-corrected chi connectivity index (χ1v) is 7.12. The predicted octanol–water partition coefficient (Wildman–Crippen LogP) is 4.95. The molecule has 2 aromatic rings. The van der Waals surface area contributed by atoms with Crippen LogP contribution < -0.4 is 0 Å². The second-order valence-electron chi connectivity index (χ2n) is 4.81. The second-order valence-corrected chi connectivity index (χ2v) is 4.81. The van der Waals surface area contributed by atoms with E-state index in [1.807, 2.05) is 25.1 Å². The number of pyridine rings is 1. The largest absolute Gasteiger partial charge is 0.262 e. The van der Waals surface area contributed by atoms with Crippen molar-refractivity contribution in [3.05, 3.63) is 54.9 Å². The van der Waals surface area contributed by atoms with E-state index in [-0.39, 0.29) is 0 Å². The van der Waals surface area contributed by atoms with Crippen molar-refractivity contribution in [2.45, 2.75) is 48.0 Å². The first-order valence-electron chi connectivity index (χ1n) is 7.12. The van der Waals surface area contributed by atoms with Crippen molar-refractivity contribution in [2.75, 3.05) is 0 Å². The molecule has 2 aromatic heterocycles. The van der Waals surface area contributed by atoms with Gasteiger partial charge < -0.3 is 0 Å². The van der Waals surface area contributed by atoms with Crippen LogP contribution in [0.1, 0.15) is 46.7 Å². The van der Waals surface area contributed by atoms with Crippen LogP contribution >= 0.6 is 0 Å². The summed E-state index contributed by atoms with van der Waals surface area (Å²) in [6.45, 7) is 12.7. The van der Waals surface area contributed by atoms with Crippen LogP contribution in [0.5, 0.6) is 0 Å². The molecule has 0 N–H and O–H groups in total. The number of aryl methyl sites for hydroxylation is 1. The van der Waals surface area contributed by atoms with Crippen molar-refractivity contribution in [1.82, 2.24) is 15.0 Å². The van der Waals surface area contributed by atoms with E-state index in [2.05, 4.69) is 49.6 Å². The smallest absolute Gasteiger partial charge is 0.115 e. The standard InChI is InChI=1S/C6H7N.C4H4N2.C4H10.C3H8/c1-6-4-2-3-5-7-6;1-2-5-4-6-3-1;1-4(2)3;1-3-2/h2-5H,1H3;1-4H;4H,1-3H3;3H2,1-2H3. The lowest BCUT2D eigenvalue weighted by Crippen LogP contribution is -1.72. The Morgan fingerprint density at radius 3 is 1.55 bits per heavy atom. The van der Waals surface area contributed by atoms with Gasteiger partial charge in [0.1, 0.15) is 6.33 Å². The lowest BCUT2D eigenvalue weighted by atomic mass is 10.3. The number of aromatic nitrogens is 3. The molecule has 0 spiro atoms. The zero-order valence-electron chi connectivity index (χ0n) is 13.7. The van der Waals surface area contributed by atoms with E-state index < -0.39 is 0 Å². The molecule has 0 aromatic carbocycles. The lowest BCUT2D eigenvalue weighted by molar-refractivity contribution is 0.737. The Bertz CT molecular complexity index is 331. The number of hydrogen-bond acceptors (Lipinski definition) is 3. The van der Waals surface area contributed by atoms with E-state index in [0.29, 0.717) is 0 Å². The molecule has 112 valence electrons. The zero-order valence-corrected chi connectivity index (χ0v) is 13.7. The Hall–Kier alpha value is -1.77. The molecule has 0 bridgehead atoms. The SMILES string of the molecule is CC(C)C.CCC.Cc1ccccn1.c1cncnc1. The van der Waals surface area contributed by atoms with E-state index in [4.69, 9.17) is 0 Å². The van der Waals surface area contributed by atoms with Gasteiger partial charge in [0, 0.05) is 24.3 Å². The quantitative estimate of drug-likeness (QED) is 0.683. The van der Waals surface area contributed by atoms with Crippen molar-refractivity contribution in [2.24, 2.45) is 5.92 Å². The highest BCUT2D eigenvalue weighted by Crippen LogP contribution is 1.86. The van der Waals surface area contributed by atoms with Crippen molar-refractivity contribution in [1.29, 1.82) is 0 Å². The number of rotatable bonds is 0. The molecule has 0 aliphatic rings. The summed E-state index contributed by atoms with van der Waals surface area (Å²) in [5.74, 6) is 0.833. The fraction of sp³-hybridized carbons (Fsp3) is 0.471. The van der Waals surface area contributed by atoms with Crippen molar-refractivity contribution in [3.63, 3.8) is 0 Å². The van der Waals surface area contributed by atoms with Crippen LogP contribution in [0, 0.1) is 12.8 Å². The summed E-state index contributed by atoms with van der Waals surface area (Å²) in [6.07, 6.45) is 7.91. The van der Waals surface area contributed by atoms with Gasteiger partial charge in [-0.25, -0.2) is 9.97 Å². The maximum absolute atomic E-state index is 3.98. The monoisotopic (exact) mass is 275 g/mol. The molecule has 0 aliphatic heterocycles. The maximum Gasteiger partial charge on any atom is 0.115 e. The molecular formula is C17H29N3. The summed E-state index contributed by atoms with van der Waals surface area (Å²) >= 11 is 0. The van der Waals surface area contributed by atoms with Gasteiger partial charge in [-0.2, -0.15) is 0 Å². The third-order valence-electron chi connectivity index (χ3n) is 1.29. The van der Waals surface area contributed by atoms with Crippen LogP contribution in [-0.2, 0) is 0 Å². The zero-order chi connectivity index (χ0) is 15.6. The first kappa shape index (κ1) is 20.5. The van der Waals surface area contributed by atoms with Crippen LogP contribution in [-0.4, -0.2) is 15.0 Å². The summed E-state index contributed by atoms with van der Waals surface area (Å²) in [7, 11) is 0. The summed E-state index contributed by atoms with van der Waals surface area (Å²) in [4.78, 5) is 11.3. The Balaban J connectivity index is 0. The normalized spacial score (nSPS) is 8.15.